The number of pyridine rings is 1. The fraction of sp³-hybridized carbons (Fsp3) is 0.550. The second-order valence-electron chi connectivity index (χ2n) is 6.58. The Morgan fingerprint density at radius 1 is 1.00 bits per heavy atom. The predicted molar refractivity (Wildman–Crippen MR) is 109 cm³/mol. The van der Waals surface area contributed by atoms with Gasteiger partial charge in [-0.3, -0.25) is 4.98 Å². The number of halogens is 2. The number of benzene rings is 1. The molecule has 4 heteroatoms. The van der Waals surface area contributed by atoms with E-state index in [2.05, 4.69) is 43.0 Å². The molecule has 0 saturated heterocycles. The quantitative estimate of drug-likeness (QED) is 0.659. The first-order valence-electron chi connectivity index (χ1n) is 8.89. The van der Waals surface area contributed by atoms with Crippen molar-refractivity contribution >= 4 is 35.7 Å². The number of nitrogens with zero attached hydrogens (tertiary/aromatic N) is 2. The first-order valence-corrected chi connectivity index (χ1v) is 8.89. The Balaban J connectivity index is 0.00000144. The van der Waals surface area contributed by atoms with Crippen molar-refractivity contribution in [1.29, 1.82) is 0 Å². The number of hydrogen-bond acceptors (Lipinski definition) is 2. The Kier molecular flexibility index (Phi) is 9.04. The number of unbranched alkanes of at least 4 members (excludes halogenated alkanes) is 3. The molecule has 0 spiro atoms. The second-order valence-corrected chi connectivity index (χ2v) is 6.58. The Bertz CT molecular complexity index is 643. The molecule has 0 N–H and O–H groups in total. The summed E-state index contributed by atoms with van der Waals surface area (Å²) in [7, 11) is 0. The van der Waals surface area contributed by atoms with Gasteiger partial charge >= 0.3 is 0 Å². The third-order valence-electron chi connectivity index (χ3n) is 5.04. The van der Waals surface area contributed by atoms with Gasteiger partial charge in [0.1, 0.15) is 0 Å². The lowest BCUT2D eigenvalue weighted by Crippen LogP contribution is -2.27. The highest BCUT2D eigenvalue weighted by Crippen LogP contribution is 2.25. The SMILES string of the molecule is CCCCCCN1CCc2nc3ccccc3c(C)c2CC1.Cl.Cl. The minimum Gasteiger partial charge on any atom is -0.303 e. The summed E-state index contributed by atoms with van der Waals surface area (Å²) in [6, 6.07) is 8.58. The average molecular weight is 369 g/mol. The first-order chi connectivity index (χ1) is 10.8. The van der Waals surface area contributed by atoms with Crippen molar-refractivity contribution in [2.45, 2.75) is 52.4 Å². The zero-order valence-corrected chi connectivity index (χ0v) is 16.5. The topological polar surface area (TPSA) is 16.1 Å². The smallest absolute Gasteiger partial charge is 0.0708 e. The minimum atomic E-state index is 0. The summed E-state index contributed by atoms with van der Waals surface area (Å²) in [6.07, 6.45) is 7.68. The lowest BCUT2D eigenvalue weighted by molar-refractivity contribution is 0.280. The summed E-state index contributed by atoms with van der Waals surface area (Å²) < 4.78 is 0. The lowest BCUT2D eigenvalue weighted by atomic mass is 9.99. The first kappa shape index (κ1) is 21.2. The van der Waals surface area contributed by atoms with Crippen LogP contribution in [-0.2, 0) is 12.8 Å². The largest absolute Gasteiger partial charge is 0.303 e. The van der Waals surface area contributed by atoms with E-state index in [0.29, 0.717) is 0 Å². The molecule has 0 unspecified atom stereocenters. The van der Waals surface area contributed by atoms with Gasteiger partial charge in [-0.1, -0.05) is 44.4 Å². The molecule has 2 aromatic rings. The Morgan fingerprint density at radius 2 is 1.75 bits per heavy atom. The predicted octanol–water partition coefficient (Wildman–Crippen LogP) is 5.37. The molecule has 1 aromatic heterocycles. The fourth-order valence-corrected chi connectivity index (χ4v) is 3.65. The van der Waals surface area contributed by atoms with Crippen molar-refractivity contribution in [2.75, 3.05) is 19.6 Å². The van der Waals surface area contributed by atoms with Crippen molar-refractivity contribution in [3.05, 3.63) is 41.1 Å². The number of fused-ring (bicyclic) bond motifs is 2. The maximum Gasteiger partial charge on any atom is 0.0708 e. The number of hydrogen-bond donors (Lipinski definition) is 0. The summed E-state index contributed by atoms with van der Waals surface area (Å²) in [6.45, 7) is 8.18. The van der Waals surface area contributed by atoms with Gasteiger partial charge in [-0.05, 0) is 43.5 Å². The highest BCUT2D eigenvalue weighted by atomic mass is 35.5. The van der Waals surface area contributed by atoms with Crippen molar-refractivity contribution in [3.63, 3.8) is 0 Å². The molecule has 1 aliphatic heterocycles. The molecule has 3 rings (SSSR count). The average Bonchev–Trinajstić information content (AvgIpc) is 2.75. The molecule has 1 aliphatic rings. The zero-order valence-electron chi connectivity index (χ0n) is 14.9. The molecule has 2 heterocycles. The van der Waals surface area contributed by atoms with Crippen LogP contribution in [0.15, 0.2) is 24.3 Å². The van der Waals surface area contributed by atoms with Gasteiger partial charge < -0.3 is 4.90 Å². The summed E-state index contributed by atoms with van der Waals surface area (Å²) in [4.78, 5) is 7.59. The standard InChI is InChI=1S/C20H28N2.2ClH/c1-3-4-5-8-13-22-14-11-18-16(2)17-9-6-7-10-19(17)21-20(18)12-15-22;;/h6-7,9-10H,3-5,8,11-15H2,1-2H3;2*1H. The highest BCUT2D eigenvalue weighted by Gasteiger charge is 2.18. The molecule has 0 aliphatic carbocycles. The van der Waals surface area contributed by atoms with E-state index in [1.165, 1.54) is 67.5 Å². The van der Waals surface area contributed by atoms with Crippen LogP contribution in [-0.4, -0.2) is 29.5 Å². The number of para-hydroxylation sites is 1. The molecule has 0 fully saturated rings. The normalized spacial score (nSPS) is 14.4. The molecule has 0 atom stereocenters. The van der Waals surface area contributed by atoms with E-state index >= 15 is 0 Å². The Morgan fingerprint density at radius 3 is 2.54 bits per heavy atom. The van der Waals surface area contributed by atoms with Gasteiger partial charge in [0.25, 0.3) is 0 Å². The molecule has 2 nitrogen and oxygen atoms in total. The number of rotatable bonds is 5. The van der Waals surface area contributed by atoms with E-state index in [0.717, 1.165) is 18.4 Å². The van der Waals surface area contributed by atoms with Crippen LogP contribution in [0.2, 0.25) is 0 Å². The van der Waals surface area contributed by atoms with Gasteiger partial charge in [0.15, 0.2) is 0 Å². The molecule has 24 heavy (non-hydrogen) atoms. The molecule has 0 saturated carbocycles. The Labute approximate surface area is 158 Å². The summed E-state index contributed by atoms with van der Waals surface area (Å²) in [5, 5.41) is 1.33. The van der Waals surface area contributed by atoms with Crippen molar-refractivity contribution in [2.24, 2.45) is 0 Å². The van der Waals surface area contributed by atoms with Crippen molar-refractivity contribution in [1.82, 2.24) is 9.88 Å². The molecule has 134 valence electrons. The number of aryl methyl sites for hydroxylation is 1. The van der Waals surface area contributed by atoms with E-state index in [9.17, 15) is 0 Å². The highest BCUT2D eigenvalue weighted by molar-refractivity contribution is 5.85. The third kappa shape index (κ3) is 4.84. The fourth-order valence-electron chi connectivity index (χ4n) is 3.65. The van der Waals surface area contributed by atoms with Crippen LogP contribution >= 0.6 is 24.8 Å². The van der Waals surface area contributed by atoms with E-state index in [1.807, 2.05) is 0 Å². The number of aromatic nitrogens is 1. The molecular formula is C20H30Cl2N2. The molecule has 1 aromatic carbocycles. The van der Waals surface area contributed by atoms with Crippen LogP contribution in [0.1, 0.15) is 49.4 Å². The molecule has 0 bridgehead atoms. The van der Waals surface area contributed by atoms with Crippen LogP contribution in [0.4, 0.5) is 0 Å². The van der Waals surface area contributed by atoms with E-state index in [1.54, 1.807) is 0 Å². The van der Waals surface area contributed by atoms with Crippen molar-refractivity contribution < 1.29 is 0 Å². The zero-order chi connectivity index (χ0) is 15.4. The Hall–Kier alpha value is -0.830. The van der Waals surface area contributed by atoms with Gasteiger partial charge in [0, 0.05) is 30.6 Å². The van der Waals surface area contributed by atoms with Crippen molar-refractivity contribution in [3.8, 4) is 0 Å². The van der Waals surface area contributed by atoms with Gasteiger partial charge in [0.2, 0.25) is 0 Å². The molecule has 0 radical (unpaired) electrons. The van der Waals surface area contributed by atoms with Crippen LogP contribution in [0, 0.1) is 6.92 Å². The summed E-state index contributed by atoms with van der Waals surface area (Å²) in [5.74, 6) is 0. The second kappa shape index (κ2) is 10.2. The van der Waals surface area contributed by atoms with Crippen LogP contribution in [0.3, 0.4) is 0 Å². The maximum atomic E-state index is 4.95. The maximum absolute atomic E-state index is 4.95. The van der Waals surface area contributed by atoms with Crippen LogP contribution in [0.25, 0.3) is 10.9 Å². The monoisotopic (exact) mass is 368 g/mol. The van der Waals surface area contributed by atoms with E-state index in [-0.39, 0.29) is 24.8 Å². The van der Waals surface area contributed by atoms with Crippen LogP contribution in [0.5, 0.6) is 0 Å². The van der Waals surface area contributed by atoms with Gasteiger partial charge in [-0.15, -0.1) is 24.8 Å². The van der Waals surface area contributed by atoms with Gasteiger partial charge in [-0.25, -0.2) is 0 Å². The third-order valence-corrected chi connectivity index (χ3v) is 5.04. The minimum absolute atomic E-state index is 0. The molecule has 0 amide bonds. The van der Waals surface area contributed by atoms with Crippen LogP contribution < -0.4 is 0 Å². The molecular weight excluding hydrogens is 339 g/mol. The van der Waals surface area contributed by atoms with E-state index < -0.39 is 0 Å². The lowest BCUT2D eigenvalue weighted by Gasteiger charge is -2.19. The van der Waals surface area contributed by atoms with Gasteiger partial charge in [0.05, 0.1) is 5.52 Å². The summed E-state index contributed by atoms with van der Waals surface area (Å²) >= 11 is 0. The summed E-state index contributed by atoms with van der Waals surface area (Å²) in [5.41, 5.74) is 5.46. The van der Waals surface area contributed by atoms with E-state index in [4.69, 9.17) is 4.98 Å². The van der Waals surface area contributed by atoms with Gasteiger partial charge in [-0.2, -0.15) is 0 Å².